The van der Waals surface area contributed by atoms with Crippen LogP contribution >= 0.6 is 11.8 Å². The zero-order valence-corrected chi connectivity index (χ0v) is 15.5. The molecular formula is C18H21N5O2S. The molecule has 0 unspecified atom stereocenters. The number of nitrogens with one attached hydrogen (secondary N) is 1. The van der Waals surface area contributed by atoms with Crippen molar-refractivity contribution in [2.24, 2.45) is 0 Å². The Hall–Kier alpha value is -2.61. The maximum atomic E-state index is 12.4. The number of carbonyl (C=O) groups excluding carboxylic acids is 1. The number of aromatic nitrogens is 4. The van der Waals surface area contributed by atoms with Crippen molar-refractivity contribution in [2.75, 3.05) is 6.54 Å². The van der Waals surface area contributed by atoms with E-state index in [1.54, 1.807) is 10.9 Å². The van der Waals surface area contributed by atoms with Crippen LogP contribution in [0.25, 0.3) is 0 Å². The molecule has 0 bridgehead atoms. The van der Waals surface area contributed by atoms with Crippen molar-refractivity contribution in [1.82, 2.24) is 25.5 Å². The van der Waals surface area contributed by atoms with Crippen LogP contribution in [0.2, 0.25) is 0 Å². The van der Waals surface area contributed by atoms with Gasteiger partial charge in [0.1, 0.15) is 12.3 Å². The normalized spacial score (nSPS) is 13.3. The van der Waals surface area contributed by atoms with Gasteiger partial charge in [-0.25, -0.2) is 4.68 Å². The highest BCUT2D eigenvalue weighted by Gasteiger charge is 2.19. The molecule has 7 nitrogen and oxygen atoms in total. The fourth-order valence-corrected chi connectivity index (χ4v) is 3.25. The Morgan fingerprint density at radius 3 is 2.77 bits per heavy atom. The number of furan rings is 1. The number of benzene rings is 1. The number of hydrogen-bond donors (Lipinski definition) is 1. The molecule has 0 aliphatic carbocycles. The number of amides is 1. The molecular weight excluding hydrogens is 350 g/mol. The van der Waals surface area contributed by atoms with Crippen LogP contribution in [0.15, 0.2) is 58.3 Å². The van der Waals surface area contributed by atoms with Crippen molar-refractivity contribution < 1.29 is 9.21 Å². The Kier molecular flexibility index (Phi) is 6.06. The maximum Gasteiger partial charge on any atom is 0.233 e. The molecule has 8 heteroatoms. The SMILES string of the molecule is C[C@H](Sc1nnnn1Cc1ccco1)C(=O)NC[C@@H](C)c1ccccc1. The van der Waals surface area contributed by atoms with E-state index < -0.39 is 0 Å². The second-order valence-corrected chi connectivity index (χ2v) is 7.32. The molecule has 0 saturated carbocycles. The molecule has 1 amide bonds. The summed E-state index contributed by atoms with van der Waals surface area (Å²) in [6.45, 7) is 4.96. The van der Waals surface area contributed by atoms with E-state index in [0.29, 0.717) is 18.2 Å². The van der Waals surface area contributed by atoms with E-state index in [-0.39, 0.29) is 17.1 Å². The molecule has 3 rings (SSSR count). The zero-order valence-electron chi connectivity index (χ0n) is 14.7. The number of thioether (sulfide) groups is 1. The topological polar surface area (TPSA) is 85.8 Å². The van der Waals surface area contributed by atoms with Crippen LogP contribution in [0, 0.1) is 0 Å². The van der Waals surface area contributed by atoms with Gasteiger partial charge in [0.25, 0.3) is 0 Å². The first-order valence-corrected chi connectivity index (χ1v) is 9.29. The van der Waals surface area contributed by atoms with Gasteiger partial charge in [0.15, 0.2) is 0 Å². The quantitative estimate of drug-likeness (QED) is 0.613. The molecule has 0 fully saturated rings. The minimum absolute atomic E-state index is 0.0367. The minimum Gasteiger partial charge on any atom is -0.467 e. The van der Waals surface area contributed by atoms with E-state index in [2.05, 4.69) is 39.9 Å². The second-order valence-electron chi connectivity index (χ2n) is 6.02. The summed E-state index contributed by atoms with van der Waals surface area (Å²) in [6, 6.07) is 13.8. The van der Waals surface area contributed by atoms with Crippen molar-refractivity contribution in [3.8, 4) is 0 Å². The van der Waals surface area contributed by atoms with Gasteiger partial charge in [0, 0.05) is 6.54 Å². The van der Waals surface area contributed by atoms with E-state index >= 15 is 0 Å². The maximum absolute atomic E-state index is 12.4. The van der Waals surface area contributed by atoms with E-state index in [9.17, 15) is 4.79 Å². The minimum atomic E-state index is -0.306. The fourth-order valence-electron chi connectivity index (χ4n) is 2.44. The van der Waals surface area contributed by atoms with Crippen molar-refractivity contribution in [2.45, 2.75) is 36.7 Å². The Bertz CT molecular complexity index is 819. The van der Waals surface area contributed by atoms with Gasteiger partial charge in [0.2, 0.25) is 11.1 Å². The number of nitrogens with zero attached hydrogens (tertiary/aromatic N) is 4. The zero-order chi connectivity index (χ0) is 18.4. The standard InChI is InChI=1S/C18H21N5O2S/c1-13(15-7-4-3-5-8-15)11-19-17(24)14(2)26-18-20-21-22-23(18)12-16-9-6-10-25-16/h3-10,13-14H,11-12H2,1-2H3,(H,19,24)/t13-,14+/m1/s1. The van der Waals surface area contributed by atoms with Crippen molar-refractivity contribution in [3.63, 3.8) is 0 Å². The van der Waals surface area contributed by atoms with Gasteiger partial charge in [-0.2, -0.15) is 0 Å². The predicted octanol–water partition coefficient (Wildman–Crippen LogP) is 2.71. The molecule has 0 aliphatic rings. The van der Waals surface area contributed by atoms with E-state index in [1.807, 2.05) is 37.3 Å². The van der Waals surface area contributed by atoms with Gasteiger partial charge >= 0.3 is 0 Å². The molecule has 0 saturated heterocycles. The van der Waals surface area contributed by atoms with Gasteiger partial charge < -0.3 is 9.73 Å². The van der Waals surface area contributed by atoms with Gasteiger partial charge in [-0.05, 0) is 41.0 Å². The van der Waals surface area contributed by atoms with Crippen LogP contribution in [-0.2, 0) is 11.3 Å². The molecule has 0 spiro atoms. The molecule has 1 N–H and O–H groups in total. The molecule has 136 valence electrons. The monoisotopic (exact) mass is 371 g/mol. The van der Waals surface area contributed by atoms with Crippen LogP contribution in [0.1, 0.15) is 31.1 Å². The summed E-state index contributed by atoms with van der Waals surface area (Å²) in [5.74, 6) is 0.972. The third-order valence-corrected chi connectivity index (χ3v) is 5.06. The van der Waals surface area contributed by atoms with E-state index in [4.69, 9.17) is 4.42 Å². The second kappa shape index (κ2) is 8.66. The van der Waals surface area contributed by atoms with Gasteiger partial charge in [-0.3, -0.25) is 4.79 Å². The first kappa shape index (κ1) is 18.2. The highest BCUT2D eigenvalue weighted by atomic mass is 32.2. The average Bonchev–Trinajstić information content (AvgIpc) is 3.33. The molecule has 3 aromatic rings. The first-order chi connectivity index (χ1) is 12.6. The number of carbonyl (C=O) groups is 1. The number of hydrogen-bond acceptors (Lipinski definition) is 6. The van der Waals surface area contributed by atoms with Crippen molar-refractivity contribution >= 4 is 17.7 Å². The lowest BCUT2D eigenvalue weighted by molar-refractivity contribution is -0.120. The first-order valence-electron chi connectivity index (χ1n) is 8.41. The van der Waals surface area contributed by atoms with E-state index in [1.165, 1.54) is 17.3 Å². The molecule has 0 aliphatic heterocycles. The molecule has 1 aromatic carbocycles. The summed E-state index contributed by atoms with van der Waals surface area (Å²) in [5, 5.41) is 14.9. The summed E-state index contributed by atoms with van der Waals surface area (Å²) >= 11 is 1.33. The molecule has 26 heavy (non-hydrogen) atoms. The Morgan fingerprint density at radius 1 is 1.23 bits per heavy atom. The van der Waals surface area contributed by atoms with Gasteiger partial charge in [0.05, 0.1) is 11.5 Å². The van der Waals surface area contributed by atoms with Crippen LogP contribution in [0.4, 0.5) is 0 Å². The predicted molar refractivity (Wildman–Crippen MR) is 98.8 cm³/mol. The lowest BCUT2D eigenvalue weighted by Gasteiger charge is -2.15. The van der Waals surface area contributed by atoms with Gasteiger partial charge in [-0.15, -0.1) is 5.10 Å². The van der Waals surface area contributed by atoms with Crippen LogP contribution in [-0.4, -0.2) is 37.9 Å². The molecule has 2 atom stereocenters. The van der Waals surface area contributed by atoms with Crippen LogP contribution < -0.4 is 5.32 Å². The fraction of sp³-hybridized carbons (Fsp3) is 0.333. The van der Waals surface area contributed by atoms with Gasteiger partial charge in [-0.1, -0.05) is 49.0 Å². The summed E-state index contributed by atoms with van der Waals surface area (Å²) in [5.41, 5.74) is 1.20. The Morgan fingerprint density at radius 2 is 2.04 bits per heavy atom. The van der Waals surface area contributed by atoms with E-state index in [0.717, 1.165) is 5.76 Å². The average molecular weight is 371 g/mol. The molecule has 2 aromatic heterocycles. The lowest BCUT2D eigenvalue weighted by atomic mass is 10.0. The Balaban J connectivity index is 1.52. The largest absolute Gasteiger partial charge is 0.467 e. The van der Waals surface area contributed by atoms with Crippen LogP contribution in [0.3, 0.4) is 0 Å². The third kappa shape index (κ3) is 4.72. The highest BCUT2D eigenvalue weighted by molar-refractivity contribution is 8.00. The summed E-state index contributed by atoms with van der Waals surface area (Å²) in [6.07, 6.45) is 1.61. The Labute approximate surface area is 156 Å². The smallest absolute Gasteiger partial charge is 0.233 e. The number of rotatable bonds is 8. The molecule has 2 heterocycles. The third-order valence-electron chi connectivity index (χ3n) is 3.99. The summed E-state index contributed by atoms with van der Waals surface area (Å²) in [4.78, 5) is 12.4. The lowest BCUT2D eigenvalue weighted by Crippen LogP contribution is -2.33. The highest BCUT2D eigenvalue weighted by Crippen LogP contribution is 2.21. The molecule has 0 radical (unpaired) electrons. The summed E-state index contributed by atoms with van der Waals surface area (Å²) in [7, 11) is 0. The van der Waals surface area contributed by atoms with Crippen molar-refractivity contribution in [3.05, 3.63) is 60.1 Å². The van der Waals surface area contributed by atoms with Crippen molar-refractivity contribution in [1.29, 1.82) is 0 Å². The number of tetrazole rings is 1. The summed E-state index contributed by atoms with van der Waals surface area (Å²) < 4.78 is 6.94. The van der Waals surface area contributed by atoms with Crippen LogP contribution in [0.5, 0.6) is 0 Å².